The third-order valence-electron chi connectivity index (χ3n) is 1.96. The van der Waals surface area contributed by atoms with Crippen LogP contribution in [0.2, 0.25) is 0 Å². The zero-order valence-corrected chi connectivity index (χ0v) is 9.01. The molecule has 0 spiro atoms. The molecule has 0 saturated carbocycles. The predicted molar refractivity (Wildman–Crippen MR) is 56.4 cm³/mol. The maximum Gasteiger partial charge on any atom is 0.331 e. The van der Waals surface area contributed by atoms with Crippen LogP contribution >= 0.6 is 0 Å². The molecule has 1 aromatic rings. The van der Waals surface area contributed by atoms with Gasteiger partial charge in [-0.3, -0.25) is 4.79 Å². The lowest BCUT2D eigenvalue weighted by molar-refractivity contribution is -0.132. The normalized spacial score (nSPS) is 11.2. The lowest BCUT2D eigenvalue weighted by Gasteiger charge is -2.03. The van der Waals surface area contributed by atoms with Crippen molar-refractivity contribution in [3.63, 3.8) is 0 Å². The van der Waals surface area contributed by atoms with Gasteiger partial charge in [0.2, 0.25) is 5.88 Å². The maximum atomic E-state index is 11.3. The summed E-state index contributed by atoms with van der Waals surface area (Å²) in [5.74, 6) is -0.711. The summed E-state index contributed by atoms with van der Waals surface area (Å²) in [5, 5.41) is 12.5. The highest BCUT2D eigenvalue weighted by Gasteiger charge is 2.01. The van der Waals surface area contributed by atoms with Gasteiger partial charge in [-0.2, -0.15) is 0 Å². The minimum Gasteiger partial charge on any atom is -0.480 e. The lowest BCUT2D eigenvalue weighted by atomic mass is 10.3. The number of allylic oxidation sites excluding steroid dienone is 1. The molecule has 0 aromatic carbocycles. The van der Waals surface area contributed by atoms with Crippen molar-refractivity contribution in [1.82, 2.24) is 9.78 Å². The second-order valence-electron chi connectivity index (χ2n) is 3.09. The van der Waals surface area contributed by atoms with Gasteiger partial charge in [0.15, 0.2) is 0 Å². The number of aliphatic carboxylic acids is 1. The van der Waals surface area contributed by atoms with E-state index in [1.165, 1.54) is 32.2 Å². The van der Waals surface area contributed by atoms with Crippen LogP contribution in [-0.2, 0) is 11.3 Å². The highest BCUT2D eigenvalue weighted by Crippen LogP contribution is 2.00. The largest absolute Gasteiger partial charge is 0.480 e. The molecule has 1 heterocycles. The van der Waals surface area contributed by atoms with Crippen LogP contribution in [0.5, 0.6) is 5.88 Å². The predicted octanol–water partition coefficient (Wildman–Crippen LogP) is 0.283. The van der Waals surface area contributed by atoms with E-state index in [0.717, 1.165) is 4.68 Å². The summed E-state index contributed by atoms with van der Waals surface area (Å²) in [5.41, 5.74) is -0.147. The molecule has 0 bridgehead atoms. The van der Waals surface area contributed by atoms with E-state index in [1.54, 1.807) is 0 Å². The molecule has 0 saturated heterocycles. The van der Waals surface area contributed by atoms with Crippen molar-refractivity contribution >= 4 is 5.97 Å². The molecular weight excluding hydrogens is 212 g/mol. The van der Waals surface area contributed by atoms with Crippen LogP contribution in [0.25, 0.3) is 0 Å². The van der Waals surface area contributed by atoms with Crippen LogP contribution in [-0.4, -0.2) is 28.0 Å². The van der Waals surface area contributed by atoms with Crippen LogP contribution in [0.3, 0.4) is 0 Å². The van der Waals surface area contributed by atoms with Crippen molar-refractivity contribution in [3.05, 3.63) is 34.1 Å². The van der Waals surface area contributed by atoms with Crippen LogP contribution in [0.4, 0.5) is 0 Å². The van der Waals surface area contributed by atoms with Crippen molar-refractivity contribution in [2.75, 3.05) is 7.11 Å². The molecular formula is C10H12N2O4. The molecule has 0 aliphatic rings. The number of methoxy groups -OCH3 is 1. The average Bonchev–Trinajstić information content (AvgIpc) is 2.27. The third-order valence-corrected chi connectivity index (χ3v) is 1.96. The lowest BCUT2D eigenvalue weighted by Crippen LogP contribution is -2.21. The summed E-state index contributed by atoms with van der Waals surface area (Å²) in [7, 11) is 1.44. The van der Waals surface area contributed by atoms with Crippen molar-refractivity contribution in [2.24, 2.45) is 0 Å². The fraction of sp³-hybridized carbons (Fsp3) is 0.300. The summed E-state index contributed by atoms with van der Waals surface area (Å²) in [6.45, 7) is 1.56. The molecule has 1 N–H and O–H groups in total. The second kappa shape index (κ2) is 5.11. The maximum absolute atomic E-state index is 11.3. The molecule has 86 valence electrons. The first-order valence-electron chi connectivity index (χ1n) is 4.57. The summed E-state index contributed by atoms with van der Waals surface area (Å²) >= 11 is 0. The van der Waals surface area contributed by atoms with Gasteiger partial charge in [0.05, 0.1) is 13.7 Å². The molecule has 0 atom stereocenters. The molecule has 0 unspecified atom stereocenters. The molecule has 16 heavy (non-hydrogen) atoms. The van der Waals surface area contributed by atoms with E-state index in [0.29, 0.717) is 5.88 Å². The summed E-state index contributed by atoms with van der Waals surface area (Å²) in [6, 6.07) is 2.77. The minimum absolute atomic E-state index is 0.105. The molecule has 0 aliphatic carbocycles. The van der Waals surface area contributed by atoms with E-state index >= 15 is 0 Å². The number of nitrogens with zero attached hydrogens (tertiary/aromatic N) is 2. The zero-order valence-electron chi connectivity index (χ0n) is 9.01. The van der Waals surface area contributed by atoms with Gasteiger partial charge in [0.25, 0.3) is 5.56 Å². The highest BCUT2D eigenvalue weighted by molar-refractivity contribution is 5.85. The summed E-state index contributed by atoms with van der Waals surface area (Å²) < 4.78 is 5.99. The van der Waals surface area contributed by atoms with Gasteiger partial charge in [-0.25, -0.2) is 9.48 Å². The Morgan fingerprint density at radius 1 is 1.62 bits per heavy atom. The van der Waals surface area contributed by atoms with Gasteiger partial charge in [-0.15, -0.1) is 5.10 Å². The van der Waals surface area contributed by atoms with Gasteiger partial charge in [0.1, 0.15) is 0 Å². The Bertz CT molecular complexity index is 476. The molecule has 6 nitrogen and oxygen atoms in total. The van der Waals surface area contributed by atoms with Gasteiger partial charge in [-0.05, 0) is 6.92 Å². The minimum atomic E-state index is -1.02. The first kappa shape index (κ1) is 12.0. The van der Waals surface area contributed by atoms with E-state index in [9.17, 15) is 9.59 Å². The number of aromatic nitrogens is 2. The fourth-order valence-corrected chi connectivity index (χ4v) is 0.981. The Labute approximate surface area is 91.8 Å². The molecule has 0 amide bonds. The summed E-state index contributed by atoms with van der Waals surface area (Å²) in [4.78, 5) is 21.9. The Morgan fingerprint density at radius 3 is 2.88 bits per heavy atom. The Morgan fingerprint density at radius 2 is 2.31 bits per heavy atom. The topological polar surface area (TPSA) is 81.4 Å². The van der Waals surface area contributed by atoms with E-state index < -0.39 is 5.97 Å². The monoisotopic (exact) mass is 224 g/mol. The molecule has 1 aromatic heterocycles. The second-order valence-corrected chi connectivity index (χ2v) is 3.09. The molecule has 0 radical (unpaired) electrons. The molecule has 0 aliphatic heterocycles. The third kappa shape index (κ3) is 2.94. The van der Waals surface area contributed by atoms with Crippen LogP contribution in [0, 0.1) is 0 Å². The highest BCUT2D eigenvalue weighted by atomic mass is 16.5. The molecule has 0 fully saturated rings. The van der Waals surface area contributed by atoms with Crippen LogP contribution in [0.15, 0.2) is 28.6 Å². The first-order valence-corrected chi connectivity index (χ1v) is 4.57. The number of hydrogen-bond acceptors (Lipinski definition) is 4. The number of hydrogen-bond donors (Lipinski definition) is 1. The molecule has 1 rings (SSSR count). The SMILES string of the molecule is COc1ccc(=O)n(C/C=C(/C)C(=O)O)n1. The van der Waals surface area contributed by atoms with Gasteiger partial charge in [-0.1, -0.05) is 6.08 Å². The van der Waals surface area contributed by atoms with Gasteiger partial charge < -0.3 is 9.84 Å². The number of carbonyl (C=O) groups is 1. The van der Waals surface area contributed by atoms with Crippen molar-refractivity contribution < 1.29 is 14.6 Å². The number of ether oxygens (including phenoxy) is 1. The first-order chi connectivity index (χ1) is 7.54. The molecule has 6 heteroatoms. The van der Waals surface area contributed by atoms with E-state index in [2.05, 4.69) is 5.10 Å². The van der Waals surface area contributed by atoms with Crippen molar-refractivity contribution in [1.29, 1.82) is 0 Å². The van der Waals surface area contributed by atoms with Gasteiger partial charge >= 0.3 is 5.97 Å². The fourth-order valence-electron chi connectivity index (χ4n) is 0.981. The van der Waals surface area contributed by atoms with Crippen LogP contribution in [0.1, 0.15) is 6.92 Å². The smallest absolute Gasteiger partial charge is 0.331 e. The standard InChI is InChI=1S/C10H12N2O4/c1-7(10(14)15)5-6-12-9(13)4-3-8(11-12)16-2/h3-5H,6H2,1-2H3,(H,14,15)/b7-5-. The van der Waals surface area contributed by atoms with Crippen molar-refractivity contribution in [2.45, 2.75) is 13.5 Å². The quantitative estimate of drug-likeness (QED) is 0.743. The number of carboxylic acids is 1. The Kier molecular flexibility index (Phi) is 3.82. The van der Waals surface area contributed by atoms with E-state index in [1.807, 2.05) is 0 Å². The number of rotatable bonds is 4. The summed E-state index contributed by atoms with van der Waals surface area (Å²) in [6.07, 6.45) is 1.41. The average molecular weight is 224 g/mol. The van der Waals surface area contributed by atoms with E-state index in [4.69, 9.17) is 9.84 Å². The Balaban J connectivity index is 2.93. The van der Waals surface area contributed by atoms with Gasteiger partial charge in [0, 0.05) is 17.7 Å². The number of carboxylic acid groups (broad SMARTS) is 1. The van der Waals surface area contributed by atoms with E-state index in [-0.39, 0.29) is 17.7 Å². The zero-order chi connectivity index (χ0) is 12.1. The van der Waals surface area contributed by atoms with Crippen LogP contribution < -0.4 is 10.3 Å². The van der Waals surface area contributed by atoms with Crippen molar-refractivity contribution in [3.8, 4) is 5.88 Å². The Hall–Kier alpha value is -2.11.